The second-order valence-electron chi connectivity index (χ2n) is 21.8. The Bertz CT molecular complexity index is 4280. The minimum atomic E-state index is -0.481. The zero-order valence-corrected chi connectivity index (χ0v) is 42.1. The molecule has 5 heteroatoms. The van der Waals surface area contributed by atoms with Gasteiger partial charge in [-0.15, -0.1) is 0 Å². The smallest absolute Gasteiger partial charge is 0.131 e. The van der Waals surface area contributed by atoms with Crippen molar-refractivity contribution in [3.8, 4) is 45.2 Å². The molecular weight excluding hydrogens is 927 g/mol. The predicted octanol–water partition coefficient (Wildman–Crippen LogP) is 16.4. The van der Waals surface area contributed by atoms with Crippen LogP contribution in [0.1, 0.15) is 77.2 Å². The second kappa shape index (κ2) is 15.9. The Kier molecular flexibility index (Phi) is 9.09. The lowest BCUT2D eigenvalue weighted by atomic mass is 9.54. The van der Waals surface area contributed by atoms with Gasteiger partial charge in [-0.1, -0.05) is 172 Å². The van der Waals surface area contributed by atoms with Crippen molar-refractivity contribution in [3.05, 3.63) is 286 Å². The third-order valence-corrected chi connectivity index (χ3v) is 18.0. The van der Waals surface area contributed by atoms with Crippen molar-refractivity contribution in [2.45, 2.75) is 43.4 Å². The van der Waals surface area contributed by atoms with Gasteiger partial charge in [0.25, 0.3) is 0 Å². The molecule has 16 rings (SSSR count). The van der Waals surface area contributed by atoms with Crippen LogP contribution in [0.4, 0.5) is 0 Å². The normalized spacial score (nSPS) is 22.5. The quantitative estimate of drug-likeness (QED) is 0.165. The largest absolute Gasteiger partial charge is 0.461 e. The molecule has 5 aliphatic carbocycles. The number of allylic oxidation sites excluding steroid dienone is 11. The van der Waals surface area contributed by atoms with Gasteiger partial charge in [0.1, 0.15) is 23.0 Å². The van der Waals surface area contributed by atoms with Gasteiger partial charge in [-0.25, -0.2) is 4.98 Å². The molecule has 4 heterocycles. The van der Waals surface area contributed by atoms with Crippen LogP contribution < -0.4 is 4.74 Å². The highest BCUT2D eigenvalue weighted by Gasteiger charge is 2.59. The summed E-state index contributed by atoms with van der Waals surface area (Å²) in [7, 11) is 0. The Morgan fingerprint density at radius 1 is 0.618 bits per heavy atom. The fraction of sp³-hybridized carbons (Fsp3) is 0.141. The van der Waals surface area contributed by atoms with Crippen molar-refractivity contribution < 1.29 is 9.47 Å². The van der Waals surface area contributed by atoms with Crippen molar-refractivity contribution in [2.24, 2.45) is 17.8 Å². The highest BCUT2D eigenvalue weighted by atomic mass is 16.5. The van der Waals surface area contributed by atoms with Gasteiger partial charge in [0.15, 0.2) is 0 Å². The zero-order chi connectivity index (χ0) is 50.4. The van der Waals surface area contributed by atoms with Crippen LogP contribution in [-0.2, 0) is 15.6 Å². The molecule has 0 N–H and O–H groups in total. The summed E-state index contributed by atoms with van der Waals surface area (Å²) in [5, 5.41) is 12.3. The van der Waals surface area contributed by atoms with Crippen LogP contribution in [0.25, 0.3) is 60.8 Å². The predicted molar refractivity (Wildman–Crippen MR) is 302 cm³/mol. The number of para-hydroxylation sites is 1. The first kappa shape index (κ1) is 43.3. The molecule has 5 atom stereocenters. The fourth-order valence-corrected chi connectivity index (χ4v) is 15.2. The van der Waals surface area contributed by atoms with Crippen LogP contribution >= 0.6 is 0 Å². The summed E-state index contributed by atoms with van der Waals surface area (Å²) in [6, 6.07) is 64.1. The average molecular weight is 976 g/mol. The minimum absolute atomic E-state index is 0.000708. The van der Waals surface area contributed by atoms with E-state index in [1.165, 1.54) is 61.2 Å². The number of hydrogen-bond acceptors (Lipinski definition) is 5. The van der Waals surface area contributed by atoms with E-state index in [4.69, 9.17) is 19.4 Å². The molecule has 0 radical (unpaired) electrons. The van der Waals surface area contributed by atoms with Crippen LogP contribution in [0.2, 0.25) is 0 Å². The van der Waals surface area contributed by atoms with Crippen molar-refractivity contribution in [1.29, 1.82) is 5.26 Å². The van der Waals surface area contributed by atoms with Gasteiger partial charge in [-0.3, -0.25) is 4.98 Å². The van der Waals surface area contributed by atoms with Gasteiger partial charge < -0.3 is 9.47 Å². The standard InChI is InChI=1S/C71H49N3O2/c1-41-15-13-27-63-66(41)71(67-42(2)35-47(39-65(67)76-63)48-17-4-3-16-46(48)40-72)57-24-10-7-20-51(57)54-36-43(28-31-58(54)71)53-37-45-30-33-61(74-68(45)69-52(53)21-14-34-73-69)44-29-32-60-64(38-44)75-62-26-12-11-25-59(62)70(60)55-22-8-5-18-49(55)50-19-6-9-23-56(50)70/h3-34,36-37,39,41-42,44,66H,35,38H2,1-2H3. The Balaban J connectivity index is 0.814. The SMILES string of the molecule is CC1CC(c2ccccc2C#N)=CC2=C1C1(c3ccccc3-c3cc(-c4cc5ccc(C6C=CC7=C(C6)Oc6ccccc6C76c7ccccc7-c7ccccc76)nc5c5ncccc45)ccc31)C1C(=CC=CC1C)O2. The van der Waals surface area contributed by atoms with Crippen LogP contribution in [0.3, 0.4) is 0 Å². The van der Waals surface area contributed by atoms with Gasteiger partial charge in [-0.05, 0) is 139 Å². The van der Waals surface area contributed by atoms with E-state index in [1.807, 2.05) is 30.5 Å². The summed E-state index contributed by atoms with van der Waals surface area (Å²) in [6.45, 7) is 4.70. The van der Waals surface area contributed by atoms with Gasteiger partial charge in [-0.2, -0.15) is 5.26 Å². The molecule has 0 saturated heterocycles. The van der Waals surface area contributed by atoms with Gasteiger partial charge in [0.2, 0.25) is 0 Å². The number of nitrogens with zero attached hydrogens (tertiary/aromatic N) is 3. The van der Waals surface area contributed by atoms with Crippen LogP contribution in [0.15, 0.2) is 241 Å². The monoisotopic (exact) mass is 975 g/mol. The lowest BCUT2D eigenvalue weighted by molar-refractivity contribution is 0.153. The minimum Gasteiger partial charge on any atom is -0.461 e. The van der Waals surface area contributed by atoms with E-state index in [9.17, 15) is 5.26 Å². The van der Waals surface area contributed by atoms with Gasteiger partial charge in [0, 0.05) is 52.1 Å². The van der Waals surface area contributed by atoms with E-state index in [2.05, 4.69) is 202 Å². The molecule has 0 fully saturated rings. The third kappa shape index (κ3) is 5.68. The molecule has 2 aromatic heterocycles. The maximum atomic E-state index is 10.2. The zero-order valence-electron chi connectivity index (χ0n) is 42.1. The molecule has 0 amide bonds. The summed E-state index contributed by atoms with van der Waals surface area (Å²) in [5.74, 6) is 4.21. The molecular formula is C71H49N3O2. The van der Waals surface area contributed by atoms with Crippen LogP contribution in [-0.4, -0.2) is 9.97 Å². The van der Waals surface area contributed by atoms with Gasteiger partial charge in [0.05, 0.1) is 33.5 Å². The third-order valence-electron chi connectivity index (χ3n) is 18.0. The van der Waals surface area contributed by atoms with Crippen molar-refractivity contribution in [1.82, 2.24) is 9.97 Å². The lowest BCUT2D eigenvalue weighted by Crippen LogP contribution is -2.47. The highest BCUT2D eigenvalue weighted by molar-refractivity contribution is 6.10. The second-order valence-corrected chi connectivity index (χ2v) is 21.8. The first-order chi connectivity index (χ1) is 37.4. The molecule has 7 aromatic carbocycles. The number of benzene rings is 7. The fourth-order valence-electron chi connectivity index (χ4n) is 15.2. The summed E-state index contributed by atoms with van der Waals surface area (Å²) in [4.78, 5) is 10.6. The number of hydrogen-bond donors (Lipinski definition) is 0. The molecule has 0 saturated carbocycles. The molecule has 7 aliphatic rings. The molecule has 2 spiro atoms. The van der Waals surface area contributed by atoms with Crippen molar-refractivity contribution in [3.63, 3.8) is 0 Å². The first-order valence-electron chi connectivity index (χ1n) is 26.8. The van der Waals surface area contributed by atoms with E-state index in [0.717, 1.165) is 79.2 Å². The number of nitriles is 1. The summed E-state index contributed by atoms with van der Waals surface area (Å²) < 4.78 is 14.1. The number of fused-ring (bicyclic) bond motifs is 19. The van der Waals surface area contributed by atoms with E-state index < -0.39 is 10.8 Å². The number of rotatable bonds is 3. The summed E-state index contributed by atoms with van der Waals surface area (Å²) in [5.41, 5.74) is 20.9. The maximum absolute atomic E-state index is 10.2. The Labute approximate surface area is 441 Å². The average Bonchev–Trinajstić information content (AvgIpc) is 4.01. The molecule has 76 heavy (non-hydrogen) atoms. The molecule has 0 bridgehead atoms. The van der Waals surface area contributed by atoms with Crippen LogP contribution in [0.5, 0.6) is 5.75 Å². The Morgan fingerprint density at radius 2 is 1.33 bits per heavy atom. The number of pyridine rings is 2. The number of aromatic nitrogens is 2. The van der Waals surface area contributed by atoms with Gasteiger partial charge >= 0.3 is 0 Å². The number of ether oxygens (including phenoxy) is 2. The summed E-state index contributed by atoms with van der Waals surface area (Å²) in [6.07, 6.45) is 17.0. The Hall–Kier alpha value is -9.11. The highest BCUT2D eigenvalue weighted by Crippen LogP contribution is 2.67. The molecule has 5 nitrogen and oxygen atoms in total. The van der Waals surface area contributed by atoms with E-state index >= 15 is 0 Å². The maximum Gasteiger partial charge on any atom is 0.131 e. The van der Waals surface area contributed by atoms with Crippen LogP contribution in [0, 0.1) is 29.1 Å². The molecule has 2 aliphatic heterocycles. The van der Waals surface area contributed by atoms with Crippen molar-refractivity contribution in [2.75, 3.05) is 0 Å². The van der Waals surface area contributed by atoms with E-state index in [-0.39, 0.29) is 23.7 Å². The van der Waals surface area contributed by atoms with Crippen molar-refractivity contribution >= 4 is 27.4 Å². The first-order valence-corrected chi connectivity index (χ1v) is 26.8. The summed E-state index contributed by atoms with van der Waals surface area (Å²) >= 11 is 0. The topological polar surface area (TPSA) is 68.0 Å². The Morgan fingerprint density at radius 3 is 2.13 bits per heavy atom. The lowest BCUT2D eigenvalue weighted by Gasteiger charge is -2.51. The van der Waals surface area contributed by atoms with E-state index in [0.29, 0.717) is 12.0 Å². The molecule has 5 unspecified atom stereocenters. The molecule has 9 aromatic rings. The van der Waals surface area contributed by atoms with E-state index in [1.54, 1.807) is 0 Å². The molecule has 360 valence electrons.